The van der Waals surface area contributed by atoms with Crippen molar-refractivity contribution in [3.8, 4) is 5.75 Å². The smallest absolute Gasteiger partial charge is 0.255 e. The van der Waals surface area contributed by atoms with Crippen molar-refractivity contribution < 1.29 is 19.1 Å². The van der Waals surface area contributed by atoms with Crippen molar-refractivity contribution in [2.24, 2.45) is 0 Å². The van der Waals surface area contributed by atoms with Gasteiger partial charge in [0.25, 0.3) is 11.8 Å². The molecule has 28 heavy (non-hydrogen) atoms. The minimum atomic E-state index is -0.243. The van der Waals surface area contributed by atoms with Gasteiger partial charge in [-0.15, -0.1) is 0 Å². The Bertz CT molecular complexity index is 802. The Kier molecular flexibility index (Phi) is 7.00. The van der Waals surface area contributed by atoms with Gasteiger partial charge in [-0.1, -0.05) is 6.07 Å². The zero-order valence-electron chi connectivity index (χ0n) is 15.9. The van der Waals surface area contributed by atoms with Gasteiger partial charge in [0, 0.05) is 49.1 Å². The summed E-state index contributed by atoms with van der Waals surface area (Å²) >= 11 is 0. The zero-order valence-corrected chi connectivity index (χ0v) is 15.9. The van der Waals surface area contributed by atoms with Crippen LogP contribution in [-0.2, 0) is 4.74 Å². The second-order valence-corrected chi connectivity index (χ2v) is 6.47. The fourth-order valence-electron chi connectivity index (χ4n) is 2.93. The van der Waals surface area contributed by atoms with E-state index >= 15 is 0 Å². The molecule has 2 N–H and O–H groups in total. The predicted molar refractivity (Wildman–Crippen MR) is 107 cm³/mol. The van der Waals surface area contributed by atoms with E-state index in [0.717, 1.165) is 32.8 Å². The van der Waals surface area contributed by atoms with Crippen LogP contribution in [0.3, 0.4) is 0 Å². The summed E-state index contributed by atoms with van der Waals surface area (Å²) in [6.07, 6.45) is 0. The van der Waals surface area contributed by atoms with Crippen molar-refractivity contribution >= 4 is 17.5 Å². The summed E-state index contributed by atoms with van der Waals surface area (Å²) in [5.74, 6) is 0.280. The minimum Gasteiger partial charge on any atom is -0.497 e. The summed E-state index contributed by atoms with van der Waals surface area (Å²) in [6, 6.07) is 13.7. The van der Waals surface area contributed by atoms with E-state index < -0.39 is 0 Å². The topological polar surface area (TPSA) is 79.9 Å². The first-order valence-electron chi connectivity index (χ1n) is 9.29. The second kappa shape index (κ2) is 9.87. The van der Waals surface area contributed by atoms with Gasteiger partial charge in [-0.05, 0) is 36.4 Å². The molecule has 0 bridgehead atoms. The number of anilines is 1. The number of hydrogen-bond donors (Lipinski definition) is 2. The molecule has 7 heteroatoms. The largest absolute Gasteiger partial charge is 0.497 e. The zero-order chi connectivity index (χ0) is 19.8. The van der Waals surface area contributed by atoms with E-state index in [-0.39, 0.29) is 11.8 Å². The number of morpholine rings is 1. The highest BCUT2D eigenvalue weighted by atomic mass is 16.5. The molecule has 1 fully saturated rings. The van der Waals surface area contributed by atoms with Crippen molar-refractivity contribution in [2.45, 2.75) is 0 Å². The van der Waals surface area contributed by atoms with E-state index in [9.17, 15) is 9.59 Å². The van der Waals surface area contributed by atoms with Gasteiger partial charge in [0.2, 0.25) is 0 Å². The van der Waals surface area contributed by atoms with E-state index in [1.54, 1.807) is 49.6 Å². The van der Waals surface area contributed by atoms with Crippen LogP contribution in [0, 0.1) is 0 Å². The average Bonchev–Trinajstić information content (AvgIpc) is 2.74. The average molecular weight is 383 g/mol. The molecule has 1 aliphatic rings. The van der Waals surface area contributed by atoms with Crippen LogP contribution in [0.2, 0.25) is 0 Å². The highest BCUT2D eigenvalue weighted by Gasteiger charge is 2.12. The molecule has 2 amide bonds. The number of carbonyl (C=O) groups is 2. The fourth-order valence-corrected chi connectivity index (χ4v) is 2.93. The quantitative estimate of drug-likeness (QED) is 0.765. The maximum absolute atomic E-state index is 12.4. The Morgan fingerprint density at radius 1 is 1.04 bits per heavy atom. The number of carbonyl (C=O) groups excluding carboxylic acids is 2. The van der Waals surface area contributed by atoms with Crippen LogP contribution < -0.4 is 15.4 Å². The number of nitrogens with zero attached hydrogens (tertiary/aromatic N) is 1. The first-order valence-corrected chi connectivity index (χ1v) is 9.29. The number of nitrogens with one attached hydrogen (secondary N) is 2. The van der Waals surface area contributed by atoms with Gasteiger partial charge in [-0.25, -0.2) is 0 Å². The van der Waals surface area contributed by atoms with E-state index in [4.69, 9.17) is 9.47 Å². The molecule has 1 heterocycles. The van der Waals surface area contributed by atoms with Crippen LogP contribution in [-0.4, -0.2) is 63.2 Å². The van der Waals surface area contributed by atoms with Crippen LogP contribution in [0.15, 0.2) is 48.5 Å². The standard InChI is InChI=1S/C21H25N3O4/c1-27-19-4-2-3-18(15-19)23-21(26)17-7-5-16(6-8-17)20(25)22-9-10-24-11-13-28-14-12-24/h2-8,15H,9-14H2,1H3,(H,22,25)(H,23,26). The van der Waals surface area contributed by atoms with Gasteiger partial charge in [0.05, 0.1) is 20.3 Å². The molecule has 1 saturated heterocycles. The Labute approximate surface area is 164 Å². The Hall–Kier alpha value is -2.90. The number of hydrogen-bond acceptors (Lipinski definition) is 5. The molecular formula is C21H25N3O4. The van der Waals surface area contributed by atoms with Gasteiger partial charge >= 0.3 is 0 Å². The summed E-state index contributed by atoms with van der Waals surface area (Å²) in [6.45, 7) is 4.66. The molecule has 0 saturated carbocycles. The van der Waals surface area contributed by atoms with Crippen LogP contribution in [0.5, 0.6) is 5.75 Å². The molecule has 3 rings (SSSR count). The normalized spacial score (nSPS) is 14.3. The Morgan fingerprint density at radius 2 is 1.71 bits per heavy atom. The SMILES string of the molecule is COc1cccc(NC(=O)c2ccc(C(=O)NCCN3CCOCC3)cc2)c1. The number of ether oxygens (including phenoxy) is 2. The van der Waals surface area contributed by atoms with E-state index in [1.165, 1.54) is 0 Å². The third-order valence-electron chi connectivity index (χ3n) is 4.55. The third-order valence-corrected chi connectivity index (χ3v) is 4.55. The summed E-state index contributed by atoms with van der Waals surface area (Å²) in [4.78, 5) is 26.9. The van der Waals surface area contributed by atoms with Gasteiger partial charge in [-0.3, -0.25) is 14.5 Å². The second-order valence-electron chi connectivity index (χ2n) is 6.47. The van der Waals surface area contributed by atoms with Crippen LogP contribution in [0.1, 0.15) is 20.7 Å². The number of methoxy groups -OCH3 is 1. The third kappa shape index (κ3) is 5.55. The summed E-state index contributed by atoms with van der Waals surface area (Å²) in [5.41, 5.74) is 1.65. The van der Waals surface area contributed by atoms with Crippen molar-refractivity contribution in [1.29, 1.82) is 0 Å². The molecule has 0 radical (unpaired) electrons. The van der Waals surface area contributed by atoms with Crippen molar-refractivity contribution in [2.75, 3.05) is 51.8 Å². The lowest BCUT2D eigenvalue weighted by Gasteiger charge is -2.26. The lowest BCUT2D eigenvalue weighted by Crippen LogP contribution is -2.41. The highest BCUT2D eigenvalue weighted by Crippen LogP contribution is 2.17. The number of benzene rings is 2. The van der Waals surface area contributed by atoms with Gasteiger partial charge in [-0.2, -0.15) is 0 Å². The van der Waals surface area contributed by atoms with Crippen LogP contribution in [0.4, 0.5) is 5.69 Å². The van der Waals surface area contributed by atoms with Gasteiger partial charge < -0.3 is 20.1 Å². The first-order chi connectivity index (χ1) is 13.7. The van der Waals surface area contributed by atoms with Crippen molar-refractivity contribution in [3.63, 3.8) is 0 Å². The van der Waals surface area contributed by atoms with Gasteiger partial charge in [0.1, 0.15) is 5.75 Å². The summed E-state index contributed by atoms with van der Waals surface area (Å²) < 4.78 is 10.5. The van der Waals surface area contributed by atoms with Crippen LogP contribution in [0.25, 0.3) is 0 Å². The van der Waals surface area contributed by atoms with E-state index in [0.29, 0.717) is 29.1 Å². The molecule has 0 unspecified atom stereocenters. The highest BCUT2D eigenvalue weighted by molar-refractivity contribution is 6.05. The monoisotopic (exact) mass is 383 g/mol. The number of rotatable bonds is 7. The summed E-state index contributed by atoms with van der Waals surface area (Å²) in [7, 11) is 1.58. The first kappa shape index (κ1) is 19.9. The maximum atomic E-state index is 12.4. The molecule has 0 aromatic heterocycles. The van der Waals surface area contributed by atoms with Crippen LogP contribution >= 0.6 is 0 Å². The number of amides is 2. The Morgan fingerprint density at radius 3 is 2.39 bits per heavy atom. The molecule has 0 spiro atoms. The molecule has 0 aliphatic carbocycles. The maximum Gasteiger partial charge on any atom is 0.255 e. The van der Waals surface area contributed by atoms with Crippen molar-refractivity contribution in [1.82, 2.24) is 10.2 Å². The molecule has 2 aromatic carbocycles. The predicted octanol–water partition coefficient (Wildman–Crippen LogP) is 2.01. The fraction of sp³-hybridized carbons (Fsp3) is 0.333. The lowest BCUT2D eigenvalue weighted by molar-refractivity contribution is 0.0383. The Balaban J connectivity index is 1.50. The lowest BCUT2D eigenvalue weighted by atomic mass is 10.1. The molecule has 148 valence electrons. The minimum absolute atomic E-state index is 0.145. The summed E-state index contributed by atoms with van der Waals surface area (Å²) in [5, 5.41) is 5.73. The van der Waals surface area contributed by atoms with E-state index in [2.05, 4.69) is 15.5 Å². The van der Waals surface area contributed by atoms with E-state index in [1.807, 2.05) is 6.07 Å². The molecule has 0 atom stereocenters. The molecule has 1 aliphatic heterocycles. The molecule has 7 nitrogen and oxygen atoms in total. The molecule has 2 aromatic rings. The van der Waals surface area contributed by atoms with Gasteiger partial charge in [0.15, 0.2) is 0 Å². The molecular weight excluding hydrogens is 358 g/mol. The van der Waals surface area contributed by atoms with Crippen molar-refractivity contribution in [3.05, 3.63) is 59.7 Å².